The molecule has 30 heavy (non-hydrogen) atoms. The van der Waals surface area contributed by atoms with E-state index in [1.54, 1.807) is 7.11 Å². The molecule has 1 fully saturated rings. The summed E-state index contributed by atoms with van der Waals surface area (Å²) in [6.07, 6.45) is 0.0751. The van der Waals surface area contributed by atoms with Crippen molar-refractivity contribution in [3.8, 4) is 5.75 Å². The number of Topliss-reactive ketones (excluding diaryl/α,β-unsaturated/α-hetero) is 1. The number of aliphatic hydroxyl groups is 1. The van der Waals surface area contributed by atoms with Crippen LogP contribution in [0.2, 0.25) is 0 Å². The molecule has 5 nitrogen and oxygen atoms in total. The molecule has 1 N–H and O–H groups in total. The van der Waals surface area contributed by atoms with E-state index in [1.807, 2.05) is 68.4 Å². The van der Waals surface area contributed by atoms with Gasteiger partial charge in [0.2, 0.25) is 0 Å². The molecule has 1 aliphatic rings. The van der Waals surface area contributed by atoms with Gasteiger partial charge in [0.05, 0.1) is 25.9 Å². The van der Waals surface area contributed by atoms with Crippen molar-refractivity contribution >= 4 is 5.78 Å². The fourth-order valence-corrected chi connectivity index (χ4v) is 3.88. The zero-order valence-corrected chi connectivity index (χ0v) is 18.0. The van der Waals surface area contributed by atoms with Crippen LogP contribution in [-0.4, -0.2) is 36.8 Å². The summed E-state index contributed by atoms with van der Waals surface area (Å²) in [6, 6.07) is 17.6. The molecule has 0 aliphatic carbocycles. The Balaban J connectivity index is 1.55. The molecule has 0 aromatic heterocycles. The Morgan fingerprint density at radius 2 is 1.87 bits per heavy atom. The molecule has 0 radical (unpaired) electrons. The van der Waals surface area contributed by atoms with Gasteiger partial charge >= 0.3 is 0 Å². The maximum atomic E-state index is 12.8. The third-order valence-corrected chi connectivity index (χ3v) is 5.79. The number of ketones is 1. The molecule has 0 bridgehead atoms. The summed E-state index contributed by atoms with van der Waals surface area (Å²) in [5.74, 6) is 0.589. The Morgan fingerprint density at radius 1 is 1.17 bits per heavy atom. The number of benzene rings is 2. The van der Waals surface area contributed by atoms with Crippen molar-refractivity contribution in [1.82, 2.24) is 0 Å². The molecular weight excluding hydrogens is 380 g/mol. The topological polar surface area (TPSA) is 65.0 Å². The second-order valence-electron chi connectivity index (χ2n) is 8.15. The van der Waals surface area contributed by atoms with Gasteiger partial charge in [-0.15, -0.1) is 0 Å². The zero-order valence-electron chi connectivity index (χ0n) is 18.0. The van der Waals surface area contributed by atoms with Gasteiger partial charge in [-0.3, -0.25) is 4.79 Å². The van der Waals surface area contributed by atoms with Crippen LogP contribution in [0.1, 0.15) is 44.1 Å². The average molecular weight is 413 g/mol. The van der Waals surface area contributed by atoms with Crippen molar-refractivity contribution in [2.24, 2.45) is 11.8 Å². The smallest absolute Gasteiger partial charge is 0.184 e. The Labute approximate surface area is 179 Å². The van der Waals surface area contributed by atoms with Gasteiger partial charge in [0, 0.05) is 23.8 Å². The monoisotopic (exact) mass is 412 g/mol. The largest absolute Gasteiger partial charge is 0.497 e. The first-order valence-corrected chi connectivity index (χ1v) is 10.6. The van der Waals surface area contributed by atoms with Crippen molar-refractivity contribution in [3.05, 3.63) is 65.7 Å². The number of carbonyl (C=O) groups is 1. The summed E-state index contributed by atoms with van der Waals surface area (Å²) in [5, 5.41) is 10.4. The zero-order chi connectivity index (χ0) is 21.5. The molecule has 162 valence electrons. The van der Waals surface area contributed by atoms with Gasteiger partial charge in [-0.1, -0.05) is 56.3 Å². The van der Waals surface area contributed by atoms with Gasteiger partial charge in [0.25, 0.3) is 0 Å². The molecule has 0 saturated carbocycles. The number of aryl methyl sites for hydroxylation is 1. The second-order valence-corrected chi connectivity index (χ2v) is 8.15. The lowest BCUT2D eigenvalue weighted by Gasteiger charge is -2.38. The second kappa shape index (κ2) is 10.7. The number of ether oxygens (including phenoxy) is 3. The van der Waals surface area contributed by atoms with Crippen molar-refractivity contribution in [3.63, 3.8) is 0 Å². The molecule has 1 aliphatic heterocycles. The van der Waals surface area contributed by atoms with E-state index in [0.29, 0.717) is 13.0 Å². The van der Waals surface area contributed by atoms with Gasteiger partial charge in [-0.05, 0) is 30.5 Å². The highest BCUT2D eigenvalue weighted by molar-refractivity contribution is 5.81. The molecule has 0 unspecified atom stereocenters. The third kappa shape index (κ3) is 5.91. The Hall–Kier alpha value is -2.21. The minimum atomic E-state index is -0.646. The van der Waals surface area contributed by atoms with E-state index in [9.17, 15) is 9.90 Å². The van der Waals surface area contributed by atoms with E-state index >= 15 is 0 Å². The number of hydrogen-bond acceptors (Lipinski definition) is 5. The number of methoxy groups -OCH3 is 1. The molecule has 3 rings (SSSR count). The van der Waals surface area contributed by atoms with Gasteiger partial charge < -0.3 is 19.3 Å². The first-order chi connectivity index (χ1) is 14.5. The Bertz CT molecular complexity index is 789. The highest BCUT2D eigenvalue weighted by Gasteiger charge is 2.36. The predicted octanol–water partition coefficient (Wildman–Crippen LogP) is 4.33. The Kier molecular flexibility index (Phi) is 8.02. The van der Waals surface area contributed by atoms with Crippen LogP contribution in [0.5, 0.6) is 5.75 Å². The van der Waals surface area contributed by atoms with Crippen molar-refractivity contribution in [2.45, 2.75) is 51.6 Å². The number of carbonyl (C=O) groups excluding carboxylic acids is 1. The highest BCUT2D eigenvalue weighted by atomic mass is 16.7. The molecule has 0 amide bonds. The van der Waals surface area contributed by atoms with Gasteiger partial charge in [0.1, 0.15) is 11.5 Å². The number of aliphatic hydroxyl groups excluding tert-OH is 1. The molecule has 5 atom stereocenters. The van der Waals surface area contributed by atoms with Gasteiger partial charge in [-0.2, -0.15) is 0 Å². The molecule has 2 aromatic rings. The fraction of sp³-hybridized carbons (Fsp3) is 0.480. The summed E-state index contributed by atoms with van der Waals surface area (Å²) in [7, 11) is 1.63. The van der Waals surface area contributed by atoms with Crippen molar-refractivity contribution in [2.75, 3.05) is 13.7 Å². The van der Waals surface area contributed by atoms with Crippen LogP contribution in [0.15, 0.2) is 54.6 Å². The van der Waals surface area contributed by atoms with Crippen molar-refractivity contribution in [1.29, 1.82) is 0 Å². The summed E-state index contributed by atoms with van der Waals surface area (Å²) in [4.78, 5) is 12.8. The van der Waals surface area contributed by atoms with E-state index in [0.717, 1.165) is 17.7 Å². The van der Waals surface area contributed by atoms with Crippen molar-refractivity contribution < 1.29 is 24.1 Å². The number of rotatable bonds is 9. The molecule has 2 aromatic carbocycles. The lowest BCUT2D eigenvalue weighted by molar-refractivity contribution is -0.247. The standard InChI is InChI=1S/C25H32O5/c1-17-16-29-25(20-10-13-22(28-3)14-11-20)30-24(17)18(2)23(27)15-21(26)12-9-19-7-5-4-6-8-19/h4-8,10-11,13-14,17-18,21,24-26H,9,12,15-16H2,1-3H3/t17-,18+,21+,24+,25+/m1/s1. The predicted molar refractivity (Wildman–Crippen MR) is 115 cm³/mol. The van der Waals surface area contributed by atoms with E-state index in [1.165, 1.54) is 5.56 Å². The normalized spacial score (nSPS) is 23.5. The van der Waals surface area contributed by atoms with Crippen LogP contribution < -0.4 is 4.74 Å². The first kappa shape index (κ1) is 22.5. The molecule has 0 spiro atoms. The summed E-state index contributed by atoms with van der Waals surface area (Å²) < 4.78 is 17.2. The third-order valence-electron chi connectivity index (χ3n) is 5.79. The first-order valence-electron chi connectivity index (χ1n) is 10.6. The molecular formula is C25H32O5. The maximum Gasteiger partial charge on any atom is 0.184 e. The Morgan fingerprint density at radius 3 is 2.53 bits per heavy atom. The minimum Gasteiger partial charge on any atom is -0.497 e. The summed E-state index contributed by atoms with van der Waals surface area (Å²) >= 11 is 0. The van der Waals surface area contributed by atoms with Crippen LogP contribution in [-0.2, 0) is 20.7 Å². The quantitative estimate of drug-likeness (QED) is 0.664. The fourth-order valence-electron chi connectivity index (χ4n) is 3.88. The summed E-state index contributed by atoms with van der Waals surface area (Å²) in [6.45, 7) is 4.45. The summed E-state index contributed by atoms with van der Waals surface area (Å²) in [5.41, 5.74) is 2.07. The van der Waals surface area contributed by atoms with Crippen LogP contribution >= 0.6 is 0 Å². The average Bonchev–Trinajstić information content (AvgIpc) is 2.78. The van der Waals surface area contributed by atoms with Crippen LogP contribution in [0.4, 0.5) is 0 Å². The lowest BCUT2D eigenvalue weighted by atomic mass is 9.87. The lowest BCUT2D eigenvalue weighted by Crippen LogP contribution is -2.42. The maximum absolute atomic E-state index is 12.8. The van der Waals surface area contributed by atoms with E-state index in [2.05, 4.69) is 0 Å². The molecule has 1 saturated heterocycles. The van der Waals surface area contributed by atoms with Crippen LogP contribution in [0.25, 0.3) is 0 Å². The van der Waals surface area contributed by atoms with Gasteiger partial charge in [0.15, 0.2) is 6.29 Å². The highest BCUT2D eigenvalue weighted by Crippen LogP contribution is 2.34. The van der Waals surface area contributed by atoms with Crippen LogP contribution in [0.3, 0.4) is 0 Å². The molecule has 5 heteroatoms. The molecule has 1 heterocycles. The number of hydrogen-bond donors (Lipinski definition) is 1. The SMILES string of the molecule is COc1ccc([C@H]2OC[C@@H](C)[C@@H]([C@@H](C)C(=O)C[C@@H](O)CCc3ccccc3)O2)cc1. The van der Waals surface area contributed by atoms with E-state index in [-0.39, 0.29) is 30.1 Å². The van der Waals surface area contributed by atoms with E-state index in [4.69, 9.17) is 14.2 Å². The van der Waals surface area contributed by atoms with E-state index < -0.39 is 12.4 Å². The van der Waals surface area contributed by atoms with Gasteiger partial charge in [-0.25, -0.2) is 0 Å². The minimum absolute atomic E-state index is 0.0304. The van der Waals surface area contributed by atoms with Crippen LogP contribution in [0, 0.1) is 11.8 Å².